The molecule has 0 unspecified atom stereocenters. The molecule has 11 heteroatoms. The quantitative estimate of drug-likeness (QED) is 0.404. The highest BCUT2D eigenvalue weighted by atomic mass is 32.2. The smallest absolute Gasteiger partial charge is 0.335 e. The van der Waals surface area contributed by atoms with E-state index in [9.17, 15) is 32.3 Å². The molecular weight excluding hydrogens is 501 g/mol. The van der Waals surface area contributed by atoms with E-state index in [1.807, 2.05) is 0 Å². The van der Waals surface area contributed by atoms with E-state index in [0.717, 1.165) is 6.07 Å². The molecule has 0 spiro atoms. The molecule has 2 heterocycles. The molecule has 0 aliphatic carbocycles. The van der Waals surface area contributed by atoms with E-state index in [2.05, 4.69) is 10.3 Å². The molecule has 2 amide bonds. The number of carbonyl (C=O) groups is 3. The number of anilines is 1. The van der Waals surface area contributed by atoms with Crippen LogP contribution < -0.4 is 5.32 Å². The van der Waals surface area contributed by atoms with Crippen LogP contribution in [0.1, 0.15) is 39.3 Å². The minimum atomic E-state index is -4.23. The molecule has 192 valence electrons. The standard InChI is InChI=1S/C26H24FN3O6S/c1-14-24(37(35,36)17-6-4-5-15(11-17)26(33)34)18(8-10-23(31)30(2)3)22(28-14)13-20-19-12-16(27)7-9-21(19)29-25(20)32/h4-7,9,11-13,28H,8,10H2,1-3H3,(H,29,32)(H,33,34). The van der Waals surface area contributed by atoms with Crippen molar-refractivity contribution in [2.75, 3.05) is 19.4 Å². The van der Waals surface area contributed by atoms with Gasteiger partial charge in [0.2, 0.25) is 15.7 Å². The SMILES string of the molecule is Cc1[nH]c(C=C2C(=O)Nc3ccc(F)cc32)c(CCC(=O)N(C)C)c1S(=O)(=O)c1cccc(C(=O)O)c1. The van der Waals surface area contributed by atoms with Gasteiger partial charge in [-0.05, 0) is 61.4 Å². The van der Waals surface area contributed by atoms with Gasteiger partial charge in [0, 0.05) is 43.2 Å². The Morgan fingerprint density at radius 3 is 2.54 bits per heavy atom. The Hall–Kier alpha value is -4.25. The molecule has 0 fully saturated rings. The Morgan fingerprint density at radius 2 is 1.86 bits per heavy atom. The number of rotatable bonds is 7. The molecule has 0 bridgehead atoms. The van der Waals surface area contributed by atoms with Crippen LogP contribution in [0, 0.1) is 12.7 Å². The van der Waals surface area contributed by atoms with Gasteiger partial charge in [-0.2, -0.15) is 0 Å². The maximum atomic E-state index is 13.9. The first-order valence-corrected chi connectivity index (χ1v) is 12.7. The fourth-order valence-corrected chi connectivity index (χ4v) is 6.00. The van der Waals surface area contributed by atoms with Gasteiger partial charge in [-0.3, -0.25) is 9.59 Å². The van der Waals surface area contributed by atoms with Crippen molar-refractivity contribution in [3.8, 4) is 0 Å². The number of aromatic nitrogens is 1. The fourth-order valence-electron chi connectivity index (χ4n) is 4.24. The molecule has 0 saturated carbocycles. The zero-order chi connectivity index (χ0) is 27.1. The first kappa shape index (κ1) is 25.8. The summed E-state index contributed by atoms with van der Waals surface area (Å²) in [5.74, 6) is -2.54. The Kier molecular flexibility index (Phi) is 6.74. The minimum Gasteiger partial charge on any atom is -0.478 e. The Morgan fingerprint density at radius 1 is 1.14 bits per heavy atom. The molecule has 0 atom stereocenters. The molecule has 2 aromatic carbocycles. The third-order valence-electron chi connectivity index (χ3n) is 6.06. The van der Waals surface area contributed by atoms with Gasteiger partial charge in [-0.25, -0.2) is 17.6 Å². The minimum absolute atomic E-state index is 0.0183. The summed E-state index contributed by atoms with van der Waals surface area (Å²) >= 11 is 0. The first-order valence-electron chi connectivity index (χ1n) is 11.2. The number of carbonyl (C=O) groups excluding carboxylic acids is 2. The summed E-state index contributed by atoms with van der Waals surface area (Å²) in [7, 11) is -1.07. The predicted octanol–water partition coefficient (Wildman–Crippen LogP) is 3.51. The summed E-state index contributed by atoms with van der Waals surface area (Å²) in [6, 6.07) is 8.85. The van der Waals surface area contributed by atoms with Gasteiger partial charge >= 0.3 is 5.97 Å². The van der Waals surface area contributed by atoms with Crippen molar-refractivity contribution < 1.29 is 32.3 Å². The molecule has 4 rings (SSSR count). The monoisotopic (exact) mass is 525 g/mol. The summed E-state index contributed by atoms with van der Waals surface area (Å²) in [5.41, 5.74) is 1.47. The van der Waals surface area contributed by atoms with Gasteiger partial charge in [0.15, 0.2) is 0 Å². The third-order valence-corrected chi connectivity index (χ3v) is 8.03. The largest absolute Gasteiger partial charge is 0.478 e. The van der Waals surface area contributed by atoms with E-state index in [-0.39, 0.29) is 56.6 Å². The van der Waals surface area contributed by atoms with Gasteiger partial charge < -0.3 is 20.3 Å². The lowest BCUT2D eigenvalue weighted by Gasteiger charge is -2.12. The highest BCUT2D eigenvalue weighted by molar-refractivity contribution is 7.91. The van der Waals surface area contributed by atoms with Crippen molar-refractivity contribution in [1.82, 2.24) is 9.88 Å². The molecule has 3 N–H and O–H groups in total. The molecule has 37 heavy (non-hydrogen) atoms. The van der Waals surface area contributed by atoms with Crippen LogP contribution in [0.2, 0.25) is 0 Å². The van der Waals surface area contributed by atoms with Gasteiger partial charge in [0.1, 0.15) is 5.82 Å². The lowest BCUT2D eigenvalue weighted by atomic mass is 10.0. The molecule has 3 aromatic rings. The number of nitrogens with zero attached hydrogens (tertiary/aromatic N) is 1. The van der Waals surface area contributed by atoms with Gasteiger partial charge in [0.25, 0.3) is 5.91 Å². The number of amides is 2. The number of hydrogen-bond donors (Lipinski definition) is 3. The van der Waals surface area contributed by atoms with Gasteiger partial charge in [0.05, 0.1) is 20.9 Å². The highest BCUT2D eigenvalue weighted by Crippen LogP contribution is 2.37. The number of fused-ring (bicyclic) bond motifs is 1. The summed E-state index contributed by atoms with van der Waals surface area (Å²) in [5, 5.41) is 12.0. The number of aromatic amines is 1. The van der Waals surface area contributed by atoms with E-state index < -0.39 is 27.5 Å². The second-order valence-corrected chi connectivity index (χ2v) is 10.7. The van der Waals surface area contributed by atoms with Crippen molar-refractivity contribution >= 4 is 45.0 Å². The summed E-state index contributed by atoms with van der Waals surface area (Å²) in [4.78, 5) is 40.5. The van der Waals surface area contributed by atoms with E-state index in [0.29, 0.717) is 11.3 Å². The lowest BCUT2D eigenvalue weighted by Crippen LogP contribution is -2.22. The normalized spacial score (nSPS) is 13.9. The van der Waals surface area contributed by atoms with E-state index in [4.69, 9.17) is 0 Å². The van der Waals surface area contributed by atoms with Gasteiger partial charge in [-0.1, -0.05) is 6.07 Å². The molecule has 1 aliphatic rings. The van der Waals surface area contributed by atoms with Crippen LogP contribution in [0.5, 0.6) is 0 Å². The number of carboxylic acid groups (broad SMARTS) is 1. The molecule has 0 radical (unpaired) electrons. The second kappa shape index (κ2) is 9.66. The zero-order valence-corrected chi connectivity index (χ0v) is 21.1. The number of hydrogen-bond acceptors (Lipinski definition) is 5. The van der Waals surface area contributed by atoms with Crippen LogP contribution in [0.25, 0.3) is 11.6 Å². The average molecular weight is 526 g/mol. The number of halogens is 1. The number of nitrogens with one attached hydrogen (secondary N) is 2. The first-order chi connectivity index (χ1) is 17.4. The van der Waals surface area contributed by atoms with Crippen LogP contribution in [-0.4, -0.2) is 55.3 Å². The van der Waals surface area contributed by atoms with E-state index in [1.54, 1.807) is 14.1 Å². The van der Waals surface area contributed by atoms with Crippen molar-refractivity contribution in [1.29, 1.82) is 0 Å². The Labute approximate surface area is 212 Å². The third kappa shape index (κ3) is 4.90. The number of aromatic carboxylic acids is 1. The molecular formula is C26H24FN3O6S. The fraction of sp³-hybridized carbons (Fsp3) is 0.192. The topological polar surface area (TPSA) is 137 Å². The summed E-state index contributed by atoms with van der Waals surface area (Å²) in [6.45, 7) is 1.54. The van der Waals surface area contributed by atoms with Crippen LogP contribution in [0.3, 0.4) is 0 Å². The van der Waals surface area contributed by atoms with E-state index >= 15 is 0 Å². The van der Waals surface area contributed by atoms with Crippen LogP contribution in [-0.2, 0) is 25.8 Å². The number of sulfone groups is 1. The van der Waals surface area contributed by atoms with E-state index in [1.165, 1.54) is 54.3 Å². The van der Waals surface area contributed by atoms with Crippen molar-refractivity contribution in [3.63, 3.8) is 0 Å². The molecule has 1 aromatic heterocycles. The number of benzene rings is 2. The Bertz CT molecular complexity index is 1590. The average Bonchev–Trinajstić information content (AvgIpc) is 3.33. The van der Waals surface area contributed by atoms with Crippen LogP contribution in [0.15, 0.2) is 52.3 Å². The maximum Gasteiger partial charge on any atom is 0.335 e. The van der Waals surface area contributed by atoms with Gasteiger partial charge in [-0.15, -0.1) is 0 Å². The number of H-pyrrole nitrogens is 1. The van der Waals surface area contributed by atoms with Crippen molar-refractivity contribution in [2.24, 2.45) is 0 Å². The number of carboxylic acids is 1. The molecule has 1 aliphatic heterocycles. The summed E-state index contributed by atoms with van der Waals surface area (Å²) < 4.78 is 41.4. The lowest BCUT2D eigenvalue weighted by molar-refractivity contribution is -0.128. The zero-order valence-electron chi connectivity index (χ0n) is 20.3. The van der Waals surface area contributed by atoms with Crippen molar-refractivity contribution in [3.05, 3.63) is 76.4 Å². The Balaban J connectivity index is 1.90. The predicted molar refractivity (Wildman–Crippen MR) is 134 cm³/mol. The maximum absolute atomic E-state index is 13.9. The second-order valence-electron chi connectivity index (χ2n) is 8.80. The van der Waals surface area contributed by atoms with Crippen LogP contribution in [0.4, 0.5) is 10.1 Å². The van der Waals surface area contributed by atoms with Crippen LogP contribution >= 0.6 is 0 Å². The van der Waals surface area contributed by atoms with Crippen molar-refractivity contribution in [2.45, 2.75) is 29.6 Å². The summed E-state index contributed by atoms with van der Waals surface area (Å²) in [6.07, 6.45) is 1.44. The molecule has 9 nitrogen and oxygen atoms in total. The molecule has 0 saturated heterocycles. The number of aryl methyl sites for hydroxylation is 1. The highest BCUT2D eigenvalue weighted by Gasteiger charge is 2.30.